The molecule has 0 aliphatic rings. The number of hydrogen-bond donors (Lipinski definition) is 2. The molecule has 17 heavy (non-hydrogen) atoms. The molecule has 0 saturated carbocycles. The molecule has 1 rings (SSSR count). The zero-order chi connectivity index (χ0) is 12.8. The van der Waals surface area contributed by atoms with Gasteiger partial charge in [0.1, 0.15) is 0 Å². The lowest BCUT2D eigenvalue weighted by atomic mass is 10.1. The summed E-state index contributed by atoms with van der Waals surface area (Å²) in [5, 5.41) is 12.7. The van der Waals surface area contributed by atoms with Crippen LogP contribution < -0.4 is 5.32 Å². The second-order valence-electron chi connectivity index (χ2n) is 3.77. The molecule has 0 spiro atoms. The minimum absolute atomic E-state index is 0.0589. The van der Waals surface area contributed by atoms with E-state index in [1.165, 1.54) is 0 Å². The minimum Gasteiger partial charge on any atom is -0.394 e. The number of benzene rings is 1. The first-order valence-electron chi connectivity index (χ1n) is 5.41. The lowest BCUT2D eigenvalue weighted by Gasteiger charge is -2.14. The van der Waals surface area contributed by atoms with E-state index in [1.807, 2.05) is 6.92 Å². The highest BCUT2D eigenvalue weighted by atomic mass is 35.5. The van der Waals surface area contributed by atoms with E-state index in [0.717, 1.165) is 5.56 Å². The van der Waals surface area contributed by atoms with Gasteiger partial charge in [-0.3, -0.25) is 4.79 Å². The number of carbonyl (C=O) groups excluding carboxylic acids is 1. The minimum atomic E-state index is -0.200. The van der Waals surface area contributed by atoms with Crippen molar-refractivity contribution in [2.45, 2.75) is 25.8 Å². The van der Waals surface area contributed by atoms with Crippen LogP contribution in [0, 0.1) is 0 Å². The van der Waals surface area contributed by atoms with Gasteiger partial charge >= 0.3 is 0 Å². The molecule has 1 aromatic rings. The van der Waals surface area contributed by atoms with Crippen molar-refractivity contribution in [1.82, 2.24) is 5.32 Å². The third-order valence-electron chi connectivity index (χ3n) is 2.44. The summed E-state index contributed by atoms with van der Waals surface area (Å²) in [4.78, 5) is 11.7. The van der Waals surface area contributed by atoms with Gasteiger partial charge in [0.25, 0.3) is 0 Å². The number of nitrogens with one attached hydrogen (secondary N) is 1. The number of aliphatic hydroxyl groups excluding tert-OH is 1. The molecule has 5 heteroatoms. The third-order valence-corrected chi connectivity index (χ3v) is 3.03. The lowest BCUT2D eigenvalue weighted by Crippen LogP contribution is -2.37. The molecule has 0 heterocycles. The Morgan fingerprint density at radius 1 is 1.47 bits per heavy atom. The smallest absolute Gasteiger partial charge is 0.224 e. The van der Waals surface area contributed by atoms with E-state index in [1.54, 1.807) is 18.2 Å². The molecule has 0 radical (unpaired) electrons. The molecule has 0 aliphatic heterocycles. The van der Waals surface area contributed by atoms with E-state index in [9.17, 15) is 4.79 Å². The van der Waals surface area contributed by atoms with Crippen molar-refractivity contribution in [3.05, 3.63) is 33.8 Å². The van der Waals surface area contributed by atoms with Crippen molar-refractivity contribution < 1.29 is 9.90 Å². The SMILES string of the molecule is CCC(CO)NC(=O)Cc1ccc(Cl)cc1Cl. The molecule has 0 fully saturated rings. The highest BCUT2D eigenvalue weighted by molar-refractivity contribution is 6.35. The molecular formula is C12H15Cl2NO2. The van der Waals surface area contributed by atoms with Crippen LogP contribution in [0.25, 0.3) is 0 Å². The molecular weight excluding hydrogens is 261 g/mol. The predicted molar refractivity (Wildman–Crippen MR) is 69.5 cm³/mol. The zero-order valence-electron chi connectivity index (χ0n) is 9.54. The van der Waals surface area contributed by atoms with Crippen LogP contribution in [0.5, 0.6) is 0 Å². The van der Waals surface area contributed by atoms with E-state index >= 15 is 0 Å². The van der Waals surface area contributed by atoms with E-state index in [0.29, 0.717) is 16.5 Å². The topological polar surface area (TPSA) is 49.3 Å². The van der Waals surface area contributed by atoms with Crippen molar-refractivity contribution in [1.29, 1.82) is 0 Å². The van der Waals surface area contributed by atoms with Gasteiger partial charge in [-0.05, 0) is 24.1 Å². The van der Waals surface area contributed by atoms with Crippen molar-refractivity contribution >= 4 is 29.1 Å². The highest BCUT2D eigenvalue weighted by Gasteiger charge is 2.11. The fraction of sp³-hybridized carbons (Fsp3) is 0.417. The average molecular weight is 276 g/mol. The van der Waals surface area contributed by atoms with Crippen LogP contribution >= 0.6 is 23.2 Å². The molecule has 0 bridgehead atoms. The Balaban J connectivity index is 2.62. The first-order valence-corrected chi connectivity index (χ1v) is 6.16. The largest absolute Gasteiger partial charge is 0.394 e. The molecule has 1 amide bonds. The molecule has 0 saturated heterocycles. The Morgan fingerprint density at radius 2 is 2.18 bits per heavy atom. The second kappa shape index (κ2) is 6.84. The van der Waals surface area contributed by atoms with Crippen LogP contribution in [-0.4, -0.2) is 23.7 Å². The molecule has 1 unspecified atom stereocenters. The third kappa shape index (κ3) is 4.54. The summed E-state index contributed by atoms with van der Waals surface area (Å²) < 4.78 is 0. The van der Waals surface area contributed by atoms with Gasteiger partial charge in [-0.1, -0.05) is 36.2 Å². The Kier molecular flexibility index (Phi) is 5.75. The van der Waals surface area contributed by atoms with Gasteiger partial charge in [-0.2, -0.15) is 0 Å². The summed E-state index contributed by atoms with van der Waals surface area (Å²) in [6.45, 7) is 1.84. The van der Waals surface area contributed by atoms with Crippen molar-refractivity contribution in [3.8, 4) is 0 Å². The predicted octanol–water partition coefficient (Wildman–Crippen LogP) is 2.42. The van der Waals surface area contributed by atoms with Crippen LogP contribution in [0.2, 0.25) is 10.0 Å². The first-order chi connectivity index (χ1) is 8.06. The summed E-state index contributed by atoms with van der Waals surface area (Å²) in [5.41, 5.74) is 0.723. The summed E-state index contributed by atoms with van der Waals surface area (Å²) in [7, 11) is 0. The second-order valence-corrected chi connectivity index (χ2v) is 4.61. The van der Waals surface area contributed by atoms with Gasteiger partial charge in [0.05, 0.1) is 19.1 Å². The molecule has 94 valence electrons. The summed E-state index contributed by atoms with van der Waals surface area (Å²) >= 11 is 11.7. The van der Waals surface area contributed by atoms with Crippen LogP contribution in [0.3, 0.4) is 0 Å². The van der Waals surface area contributed by atoms with E-state index < -0.39 is 0 Å². The maximum absolute atomic E-state index is 11.7. The molecule has 1 atom stereocenters. The number of aliphatic hydroxyl groups is 1. The number of amides is 1. The van der Waals surface area contributed by atoms with Gasteiger partial charge in [0.15, 0.2) is 0 Å². The molecule has 3 nitrogen and oxygen atoms in total. The van der Waals surface area contributed by atoms with E-state index in [-0.39, 0.29) is 25.0 Å². The van der Waals surface area contributed by atoms with Gasteiger partial charge in [-0.25, -0.2) is 0 Å². The lowest BCUT2D eigenvalue weighted by molar-refractivity contribution is -0.121. The molecule has 0 aliphatic carbocycles. The van der Waals surface area contributed by atoms with E-state index in [4.69, 9.17) is 28.3 Å². The van der Waals surface area contributed by atoms with E-state index in [2.05, 4.69) is 5.32 Å². The molecule has 2 N–H and O–H groups in total. The Bertz CT molecular complexity index is 392. The summed E-state index contributed by atoms with van der Waals surface area (Å²) in [6.07, 6.45) is 0.878. The quantitative estimate of drug-likeness (QED) is 0.867. The van der Waals surface area contributed by atoms with Crippen molar-refractivity contribution in [2.24, 2.45) is 0 Å². The highest BCUT2D eigenvalue weighted by Crippen LogP contribution is 2.21. The number of halogens is 2. The summed E-state index contributed by atoms with van der Waals surface area (Å²) in [5.74, 6) is -0.157. The Morgan fingerprint density at radius 3 is 2.71 bits per heavy atom. The monoisotopic (exact) mass is 275 g/mol. The number of carbonyl (C=O) groups is 1. The number of rotatable bonds is 5. The zero-order valence-corrected chi connectivity index (χ0v) is 11.1. The van der Waals surface area contributed by atoms with Crippen LogP contribution in [0.4, 0.5) is 0 Å². The fourth-order valence-electron chi connectivity index (χ4n) is 1.39. The molecule has 0 aromatic heterocycles. The van der Waals surface area contributed by atoms with Gasteiger partial charge < -0.3 is 10.4 Å². The Labute approximate surface area is 111 Å². The maximum Gasteiger partial charge on any atom is 0.224 e. The van der Waals surface area contributed by atoms with Gasteiger partial charge in [0.2, 0.25) is 5.91 Å². The first kappa shape index (κ1) is 14.3. The van der Waals surface area contributed by atoms with Gasteiger partial charge in [0, 0.05) is 10.0 Å². The Hall–Kier alpha value is -0.770. The maximum atomic E-state index is 11.7. The average Bonchev–Trinajstić information content (AvgIpc) is 2.29. The number of hydrogen-bond acceptors (Lipinski definition) is 2. The van der Waals surface area contributed by atoms with Gasteiger partial charge in [-0.15, -0.1) is 0 Å². The fourth-order valence-corrected chi connectivity index (χ4v) is 1.87. The molecule has 1 aromatic carbocycles. The van der Waals surface area contributed by atoms with Crippen molar-refractivity contribution in [2.75, 3.05) is 6.61 Å². The normalized spacial score (nSPS) is 12.2. The summed E-state index contributed by atoms with van der Waals surface area (Å²) in [6, 6.07) is 4.83. The van der Waals surface area contributed by atoms with Crippen molar-refractivity contribution in [3.63, 3.8) is 0 Å². The standard InChI is InChI=1S/C12H15Cl2NO2/c1-2-10(7-16)15-12(17)5-8-3-4-9(13)6-11(8)14/h3-4,6,10,16H,2,5,7H2,1H3,(H,15,17). The van der Waals surface area contributed by atoms with Crippen LogP contribution in [-0.2, 0) is 11.2 Å². The van der Waals surface area contributed by atoms with Crippen LogP contribution in [0.1, 0.15) is 18.9 Å². The van der Waals surface area contributed by atoms with Crippen LogP contribution in [0.15, 0.2) is 18.2 Å².